The van der Waals surface area contributed by atoms with E-state index in [0.717, 1.165) is 5.56 Å². The van der Waals surface area contributed by atoms with E-state index in [9.17, 15) is 28.5 Å². The molecule has 2 aromatic carbocycles. The van der Waals surface area contributed by atoms with E-state index in [0.29, 0.717) is 18.4 Å². The Hall–Kier alpha value is -4.72. The molecule has 1 heterocycles. The second-order valence-corrected chi connectivity index (χ2v) is 12.4. The Labute approximate surface area is 272 Å². The Morgan fingerprint density at radius 1 is 1.02 bits per heavy atom. The highest BCUT2D eigenvalue weighted by Gasteiger charge is 2.39. The third kappa shape index (κ3) is 12.5. The van der Waals surface area contributed by atoms with Crippen molar-refractivity contribution in [3.63, 3.8) is 0 Å². The number of hydrogen-bond acceptors (Lipinski definition) is 8. The van der Waals surface area contributed by atoms with Crippen LogP contribution in [0, 0.1) is 5.92 Å². The third-order valence-corrected chi connectivity index (χ3v) is 7.48. The molecule has 3 rings (SSSR count). The average molecular weight is 674 g/mol. The first kappa shape index (κ1) is 36.7. The van der Waals surface area contributed by atoms with Gasteiger partial charge in [-0.3, -0.25) is 29.0 Å². The van der Waals surface area contributed by atoms with E-state index in [-0.39, 0.29) is 31.2 Å². The lowest BCUT2D eigenvalue weighted by Crippen LogP contribution is -2.57. The van der Waals surface area contributed by atoms with Gasteiger partial charge in [0.15, 0.2) is 0 Å². The lowest BCUT2D eigenvalue weighted by Gasteiger charge is -2.30. The van der Waals surface area contributed by atoms with Crippen LogP contribution in [0.2, 0.25) is 0 Å². The monoisotopic (exact) mass is 673 g/mol. The van der Waals surface area contributed by atoms with Gasteiger partial charge in [-0.1, -0.05) is 56.3 Å². The van der Waals surface area contributed by atoms with Gasteiger partial charge in [0.25, 0.3) is 0 Å². The van der Waals surface area contributed by atoms with E-state index in [1.54, 1.807) is 0 Å². The Morgan fingerprint density at radius 3 is 2.32 bits per heavy atom. The number of nitrogens with two attached hydrogens (primary N) is 1. The average Bonchev–Trinajstić information content (AvgIpc) is 3.50. The fourth-order valence-electron chi connectivity index (χ4n) is 4.89. The molecule has 1 fully saturated rings. The number of rotatable bonds is 15. The highest BCUT2D eigenvalue weighted by Crippen LogP contribution is 2.37. The first-order chi connectivity index (χ1) is 22.2. The van der Waals surface area contributed by atoms with Gasteiger partial charge in [0.05, 0.1) is 0 Å². The van der Waals surface area contributed by atoms with E-state index in [1.807, 2.05) is 44.2 Å². The van der Waals surface area contributed by atoms with Gasteiger partial charge in [-0.15, -0.1) is 0 Å². The third-order valence-electron chi connectivity index (χ3n) is 7.03. The van der Waals surface area contributed by atoms with Crippen molar-refractivity contribution in [2.24, 2.45) is 11.7 Å². The molecule has 16 heteroatoms. The molecule has 0 spiro atoms. The molecular weight excluding hydrogens is 633 g/mol. The molecule has 7 N–H and O–H groups in total. The molecule has 1 saturated heterocycles. The maximum absolute atomic E-state index is 13.7. The molecule has 1 aliphatic heterocycles. The number of carbonyl (C=O) groups excluding carboxylic acids is 5. The molecule has 0 saturated carbocycles. The molecule has 47 heavy (non-hydrogen) atoms. The van der Waals surface area contributed by atoms with Gasteiger partial charge in [0.2, 0.25) is 23.6 Å². The SMILES string of the molecule is CC(C)C[C@H](NC(=O)/C=C/c1ccc(OP(=O)(O)O)cc1)C(=O)N1CCC[C@H]1C(=O)N[C@@H](COC(N)=O)C(=O)NCc1ccccc1. The van der Waals surface area contributed by atoms with Gasteiger partial charge >= 0.3 is 13.9 Å². The quantitative estimate of drug-likeness (QED) is 0.118. The summed E-state index contributed by atoms with van der Waals surface area (Å²) in [7, 11) is -4.71. The van der Waals surface area contributed by atoms with Crippen LogP contribution in [0.15, 0.2) is 60.7 Å². The summed E-state index contributed by atoms with van der Waals surface area (Å²) in [4.78, 5) is 83.4. The summed E-state index contributed by atoms with van der Waals surface area (Å²) in [6, 6.07) is 11.5. The highest BCUT2D eigenvalue weighted by molar-refractivity contribution is 7.46. The lowest BCUT2D eigenvalue weighted by atomic mass is 10.0. The molecule has 0 aliphatic carbocycles. The molecule has 0 radical (unpaired) electrons. The van der Waals surface area contributed by atoms with E-state index in [4.69, 9.17) is 20.3 Å². The topological polar surface area (TPSA) is 227 Å². The number of benzene rings is 2. The number of nitrogens with one attached hydrogen (secondary N) is 3. The molecule has 3 atom stereocenters. The zero-order valence-electron chi connectivity index (χ0n) is 26.0. The van der Waals surface area contributed by atoms with Gasteiger partial charge in [-0.05, 0) is 54.5 Å². The normalized spacial score (nSPS) is 15.9. The smallest absolute Gasteiger partial charge is 0.447 e. The predicted octanol–water partition coefficient (Wildman–Crippen LogP) is 1.59. The summed E-state index contributed by atoms with van der Waals surface area (Å²) < 4.78 is 20.3. The molecular formula is C31H40N5O10P. The number of phosphoric acid groups is 1. The van der Waals surface area contributed by atoms with Crippen LogP contribution in [0.25, 0.3) is 6.08 Å². The van der Waals surface area contributed by atoms with Crippen molar-refractivity contribution in [1.29, 1.82) is 0 Å². The largest absolute Gasteiger partial charge is 0.524 e. The zero-order valence-corrected chi connectivity index (χ0v) is 26.9. The Kier molecular flexibility index (Phi) is 13.5. The molecule has 15 nitrogen and oxygen atoms in total. The number of amides is 5. The van der Waals surface area contributed by atoms with Crippen molar-refractivity contribution < 1.29 is 47.6 Å². The van der Waals surface area contributed by atoms with Crippen LogP contribution in [0.5, 0.6) is 5.75 Å². The van der Waals surface area contributed by atoms with Gasteiger partial charge in [0.1, 0.15) is 30.5 Å². The van der Waals surface area contributed by atoms with E-state index in [2.05, 4.69) is 20.5 Å². The number of primary amides is 1. The van der Waals surface area contributed by atoms with Crippen molar-refractivity contribution in [2.75, 3.05) is 13.2 Å². The summed E-state index contributed by atoms with van der Waals surface area (Å²) in [5, 5.41) is 7.98. The van der Waals surface area contributed by atoms with Crippen LogP contribution in [0.3, 0.4) is 0 Å². The van der Waals surface area contributed by atoms with Crippen LogP contribution >= 0.6 is 7.82 Å². The van der Waals surface area contributed by atoms with Crippen molar-refractivity contribution in [1.82, 2.24) is 20.9 Å². The van der Waals surface area contributed by atoms with Crippen LogP contribution < -0.4 is 26.2 Å². The summed E-state index contributed by atoms with van der Waals surface area (Å²) in [6.07, 6.45) is 2.66. The van der Waals surface area contributed by atoms with Crippen LogP contribution in [-0.2, 0) is 35.0 Å². The molecule has 0 unspecified atom stereocenters. The van der Waals surface area contributed by atoms with Gasteiger partial charge < -0.3 is 35.8 Å². The maximum Gasteiger partial charge on any atom is 0.524 e. The van der Waals surface area contributed by atoms with Crippen LogP contribution in [0.1, 0.15) is 44.2 Å². The van der Waals surface area contributed by atoms with Crippen LogP contribution in [0.4, 0.5) is 4.79 Å². The number of phosphoric ester groups is 1. The van der Waals surface area contributed by atoms with E-state index in [1.165, 1.54) is 41.3 Å². The summed E-state index contributed by atoms with van der Waals surface area (Å²) in [6.45, 7) is 3.67. The number of hydrogen-bond donors (Lipinski definition) is 6. The minimum atomic E-state index is -4.71. The van der Waals surface area contributed by atoms with Crippen molar-refractivity contribution >= 4 is 43.6 Å². The fraction of sp³-hybridized carbons (Fsp3) is 0.387. The van der Waals surface area contributed by atoms with Crippen molar-refractivity contribution in [3.05, 3.63) is 71.8 Å². The molecule has 0 bridgehead atoms. The lowest BCUT2D eigenvalue weighted by molar-refractivity contribution is -0.142. The number of nitrogens with zero attached hydrogens (tertiary/aromatic N) is 1. The Morgan fingerprint density at radius 2 is 1.70 bits per heavy atom. The number of carbonyl (C=O) groups is 5. The fourth-order valence-corrected chi connectivity index (χ4v) is 5.29. The summed E-state index contributed by atoms with van der Waals surface area (Å²) >= 11 is 0. The number of ether oxygens (including phenoxy) is 1. The molecule has 2 aromatic rings. The molecule has 254 valence electrons. The maximum atomic E-state index is 13.7. The van der Waals surface area contributed by atoms with E-state index >= 15 is 0 Å². The number of likely N-dealkylation sites (tertiary alicyclic amines) is 1. The first-order valence-electron chi connectivity index (χ1n) is 14.9. The standard InChI is InChI=1S/C31H40N5O10P/c1-20(2)17-24(34-27(37)15-12-21-10-13-23(14-11-21)46-47(42,43)44)30(40)36-16-6-9-26(36)29(39)35-25(19-45-31(32)41)28(38)33-18-22-7-4-3-5-8-22/h3-5,7-8,10-15,20,24-26H,6,9,16-19H2,1-2H3,(H2,32,41)(H,33,38)(H,34,37)(H,35,39)(H2,42,43,44)/b15-12+/t24-,25-,26-/m0/s1. The van der Waals surface area contributed by atoms with E-state index < -0.39 is 62.3 Å². The first-order valence-corrected chi connectivity index (χ1v) is 16.4. The molecule has 0 aromatic heterocycles. The van der Waals surface area contributed by atoms with Gasteiger partial charge in [0, 0.05) is 19.2 Å². The second kappa shape index (κ2) is 17.3. The molecule has 5 amide bonds. The second-order valence-electron chi connectivity index (χ2n) is 11.3. The van der Waals surface area contributed by atoms with Gasteiger partial charge in [-0.2, -0.15) is 0 Å². The highest BCUT2D eigenvalue weighted by atomic mass is 31.2. The zero-order chi connectivity index (χ0) is 34.6. The van der Waals surface area contributed by atoms with Crippen molar-refractivity contribution in [2.45, 2.75) is 57.8 Å². The van der Waals surface area contributed by atoms with Crippen LogP contribution in [-0.4, -0.2) is 75.7 Å². The summed E-state index contributed by atoms with van der Waals surface area (Å²) in [5.74, 6) is -2.31. The minimum Gasteiger partial charge on any atom is -0.447 e. The Balaban J connectivity index is 1.66. The molecule has 1 aliphatic rings. The summed E-state index contributed by atoms with van der Waals surface area (Å²) in [5.41, 5.74) is 6.43. The van der Waals surface area contributed by atoms with Crippen molar-refractivity contribution in [3.8, 4) is 5.75 Å². The van der Waals surface area contributed by atoms with Gasteiger partial charge in [-0.25, -0.2) is 9.36 Å². The minimum absolute atomic E-state index is 0.00770. The predicted molar refractivity (Wildman–Crippen MR) is 170 cm³/mol. The Bertz CT molecular complexity index is 1480.